The number of nitrogens with zero attached hydrogens (tertiary/aromatic N) is 3. The number of fused-ring (bicyclic) bond motifs is 3. The van der Waals surface area contributed by atoms with E-state index in [2.05, 4.69) is 45.1 Å². The van der Waals surface area contributed by atoms with Gasteiger partial charge in [-0.2, -0.15) is 0 Å². The van der Waals surface area contributed by atoms with Crippen LogP contribution in [0.15, 0.2) is 90.1 Å². The summed E-state index contributed by atoms with van der Waals surface area (Å²) in [4.78, 5) is 20.6. The zero-order valence-corrected chi connectivity index (χ0v) is 17.8. The third-order valence-corrected chi connectivity index (χ3v) is 5.84. The molecule has 154 valence electrons. The Morgan fingerprint density at radius 1 is 0.935 bits per heavy atom. The van der Waals surface area contributed by atoms with Gasteiger partial charge in [0, 0.05) is 36.6 Å². The van der Waals surface area contributed by atoms with Crippen LogP contribution in [0.5, 0.6) is 0 Å². The maximum atomic E-state index is 13.7. The van der Waals surface area contributed by atoms with E-state index in [1.54, 1.807) is 0 Å². The first-order valence-electron chi connectivity index (χ1n) is 10.4. The number of anilines is 2. The lowest BCUT2D eigenvalue weighted by Gasteiger charge is -2.31. The van der Waals surface area contributed by atoms with Crippen LogP contribution >= 0.6 is 0 Å². The van der Waals surface area contributed by atoms with Gasteiger partial charge < -0.3 is 10.2 Å². The molecule has 1 aromatic heterocycles. The Balaban J connectivity index is 1.73. The number of aromatic nitrogens is 2. The summed E-state index contributed by atoms with van der Waals surface area (Å²) in [5, 5.41) is 3.38. The number of Topliss-reactive ketones (excluding diaryl/α,β-unsaturated/α-hetero) is 1. The second-order valence-electron chi connectivity index (χ2n) is 8.04. The molecule has 5 heteroatoms. The molecule has 5 nitrogen and oxygen atoms in total. The normalized spacial score (nSPS) is 15.5. The number of hydrogen-bond acceptors (Lipinski definition) is 4. The minimum atomic E-state index is -0.271. The van der Waals surface area contributed by atoms with Crippen LogP contribution in [0.25, 0.3) is 11.0 Å². The highest BCUT2D eigenvalue weighted by Crippen LogP contribution is 2.40. The lowest BCUT2D eigenvalue weighted by molar-refractivity contribution is 0.102. The van der Waals surface area contributed by atoms with Crippen LogP contribution in [-0.2, 0) is 0 Å². The number of nitrogens with one attached hydrogen (secondary N) is 1. The van der Waals surface area contributed by atoms with Crippen LogP contribution in [-0.4, -0.2) is 29.4 Å². The van der Waals surface area contributed by atoms with Gasteiger partial charge in [0.1, 0.15) is 0 Å². The number of rotatable bonds is 4. The van der Waals surface area contributed by atoms with Crippen molar-refractivity contribution in [3.8, 4) is 0 Å². The highest BCUT2D eigenvalue weighted by atomic mass is 16.1. The Hall–Kier alpha value is -3.86. The van der Waals surface area contributed by atoms with Gasteiger partial charge in [-0.05, 0) is 36.8 Å². The van der Waals surface area contributed by atoms with Crippen LogP contribution in [0.2, 0.25) is 0 Å². The van der Waals surface area contributed by atoms with Gasteiger partial charge in [0.2, 0.25) is 5.95 Å². The molecule has 0 saturated carbocycles. The van der Waals surface area contributed by atoms with Crippen molar-refractivity contribution >= 4 is 28.5 Å². The van der Waals surface area contributed by atoms with Gasteiger partial charge in [0.15, 0.2) is 5.78 Å². The molecule has 0 fully saturated rings. The Morgan fingerprint density at radius 3 is 2.32 bits per heavy atom. The first-order valence-corrected chi connectivity index (χ1v) is 10.4. The summed E-state index contributed by atoms with van der Waals surface area (Å²) in [6.07, 6.45) is 0. The molecule has 5 rings (SSSR count). The van der Waals surface area contributed by atoms with Gasteiger partial charge in [-0.25, -0.2) is 4.98 Å². The smallest absolute Gasteiger partial charge is 0.209 e. The molecule has 1 N–H and O–H groups in total. The third kappa shape index (κ3) is 3.19. The molecule has 0 aliphatic carbocycles. The molecule has 1 aliphatic rings. The van der Waals surface area contributed by atoms with Gasteiger partial charge >= 0.3 is 0 Å². The average molecular weight is 409 g/mol. The topological polar surface area (TPSA) is 50.2 Å². The van der Waals surface area contributed by atoms with Gasteiger partial charge in [0.05, 0.1) is 17.1 Å². The van der Waals surface area contributed by atoms with Gasteiger partial charge in [-0.3, -0.25) is 9.36 Å². The summed E-state index contributed by atoms with van der Waals surface area (Å²) >= 11 is 0. The minimum Gasteiger partial charge on any atom is -0.378 e. The molecule has 0 bridgehead atoms. The molecule has 3 aromatic carbocycles. The predicted molar refractivity (Wildman–Crippen MR) is 126 cm³/mol. The molecule has 1 aliphatic heterocycles. The Kier molecular flexibility index (Phi) is 4.59. The molecule has 31 heavy (non-hydrogen) atoms. The highest BCUT2D eigenvalue weighted by molar-refractivity contribution is 6.11. The van der Waals surface area contributed by atoms with E-state index in [-0.39, 0.29) is 11.8 Å². The third-order valence-electron chi connectivity index (χ3n) is 5.84. The quantitative estimate of drug-likeness (QED) is 0.467. The zero-order valence-electron chi connectivity index (χ0n) is 17.8. The number of hydrogen-bond donors (Lipinski definition) is 1. The average Bonchev–Trinajstić information content (AvgIpc) is 3.16. The molecule has 0 radical (unpaired) electrons. The summed E-state index contributed by atoms with van der Waals surface area (Å²) in [6.45, 7) is 1.96. The largest absolute Gasteiger partial charge is 0.378 e. The lowest BCUT2D eigenvalue weighted by atomic mass is 9.89. The SMILES string of the molecule is CC1=C(C(=O)c2ccccc2)[C@@H](c2ccc(N(C)C)cc2)n2c(nc3ccccc32)N1. The van der Waals surface area contributed by atoms with Gasteiger partial charge in [-0.15, -0.1) is 0 Å². The fraction of sp³-hybridized carbons (Fsp3) is 0.154. The standard InChI is InChI=1S/C26H24N4O/c1-17-23(25(31)19-9-5-4-6-10-19)24(18-13-15-20(16-14-18)29(2)3)30-22-12-8-7-11-21(22)28-26(30)27-17/h4-16,24H,1-3H3,(H,27,28)/t24-/m1/s1. The van der Waals surface area contributed by atoms with Crippen LogP contribution in [0.3, 0.4) is 0 Å². The van der Waals surface area contributed by atoms with Crippen molar-refractivity contribution in [1.82, 2.24) is 9.55 Å². The Morgan fingerprint density at radius 2 is 1.61 bits per heavy atom. The minimum absolute atomic E-state index is 0.0238. The molecule has 0 unspecified atom stereocenters. The number of carbonyl (C=O) groups excluding carboxylic acids is 1. The van der Waals surface area contributed by atoms with Crippen molar-refractivity contribution in [3.05, 3.63) is 101 Å². The molecular formula is C26H24N4O. The van der Waals surface area contributed by atoms with Gasteiger partial charge in [0.25, 0.3) is 0 Å². The number of ketones is 1. The fourth-order valence-electron chi connectivity index (χ4n) is 4.27. The Labute approximate surface area is 181 Å². The van der Waals surface area contributed by atoms with E-state index >= 15 is 0 Å². The van der Waals surface area contributed by atoms with Crippen molar-refractivity contribution < 1.29 is 4.79 Å². The first kappa shape index (κ1) is 19.1. The fourth-order valence-corrected chi connectivity index (χ4v) is 4.27. The number of carbonyl (C=O) groups is 1. The number of allylic oxidation sites excluding steroid dienone is 2. The van der Waals surface area contributed by atoms with Crippen LogP contribution < -0.4 is 10.2 Å². The van der Waals surface area contributed by atoms with Crippen molar-refractivity contribution in [1.29, 1.82) is 0 Å². The Bertz CT molecular complexity index is 1300. The van der Waals surface area contributed by atoms with E-state index in [0.717, 1.165) is 39.5 Å². The first-order chi connectivity index (χ1) is 15.0. The summed E-state index contributed by atoms with van der Waals surface area (Å²) in [5.41, 5.74) is 6.32. The number of imidazole rings is 1. The summed E-state index contributed by atoms with van der Waals surface area (Å²) < 4.78 is 2.14. The second-order valence-corrected chi connectivity index (χ2v) is 8.04. The van der Waals surface area contributed by atoms with Crippen molar-refractivity contribution in [2.45, 2.75) is 13.0 Å². The summed E-state index contributed by atoms with van der Waals surface area (Å²) in [6, 6.07) is 25.7. The second kappa shape index (κ2) is 7.43. The van der Waals surface area contributed by atoms with E-state index in [1.807, 2.05) is 69.6 Å². The van der Waals surface area contributed by atoms with E-state index < -0.39 is 0 Å². The van der Waals surface area contributed by atoms with E-state index in [4.69, 9.17) is 4.98 Å². The maximum Gasteiger partial charge on any atom is 0.209 e. The summed E-state index contributed by atoms with van der Waals surface area (Å²) in [5.74, 6) is 0.778. The lowest BCUT2D eigenvalue weighted by Crippen LogP contribution is -2.28. The van der Waals surface area contributed by atoms with Crippen molar-refractivity contribution in [3.63, 3.8) is 0 Å². The van der Waals surface area contributed by atoms with Crippen LogP contribution in [0.4, 0.5) is 11.6 Å². The molecule has 0 amide bonds. The molecule has 0 spiro atoms. The number of para-hydroxylation sites is 2. The molecular weight excluding hydrogens is 384 g/mol. The number of benzene rings is 3. The predicted octanol–water partition coefficient (Wildman–Crippen LogP) is 5.27. The summed E-state index contributed by atoms with van der Waals surface area (Å²) in [7, 11) is 4.05. The van der Waals surface area contributed by atoms with E-state index in [9.17, 15) is 4.79 Å². The maximum absolute atomic E-state index is 13.7. The van der Waals surface area contributed by atoms with Crippen molar-refractivity contribution in [2.24, 2.45) is 0 Å². The molecule has 0 saturated heterocycles. The van der Waals surface area contributed by atoms with E-state index in [1.165, 1.54) is 0 Å². The van der Waals surface area contributed by atoms with Gasteiger partial charge in [-0.1, -0.05) is 54.6 Å². The van der Waals surface area contributed by atoms with E-state index in [0.29, 0.717) is 5.56 Å². The monoisotopic (exact) mass is 408 g/mol. The highest BCUT2D eigenvalue weighted by Gasteiger charge is 2.34. The molecule has 1 atom stereocenters. The van der Waals surface area contributed by atoms with Crippen LogP contribution in [0.1, 0.15) is 28.9 Å². The zero-order chi connectivity index (χ0) is 21.5. The van der Waals surface area contributed by atoms with Crippen LogP contribution in [0, 0.1) is 0 Å². The molecule has 2 heterocycles. The molecule has 4 aromatic rings. The van der Waals surface area contributed by atoms with Crippen molar-refractivity contribution in [2.75, 3.05) is 24.3 Å².